The van der Waals surface area contributed by atoms with Crippen molar-refractivity contribution in [1.29, 1.82) is 0 Å². The first kappa shape index (κ1) is 13.8. The quantitative estimate of drug-likeness (QED) is 0.862. The fourth-order valence-corrected chi connectivity index (χ4v) is 1.57. The Bertz CT molecular complexity index is 335. The van der Waals surface area contributed by atoms with Crippen LogP contribution in [-0.4, -0.2) is 19.8 Å². The molecule has 1 N–H and O–H groups in total. The first-order valence-corrected chi connectivity index (χ1v) is 5.40. The molecular weight excluding hydrogens is 231 g/mol. The zero-order valence-corrected chi connectivity index (χ0v) is 9.84. The van der Waals surface area contributed by atoms with Crippen LogP contribution in [0.1, 0.15) is 24.9 Å². The molecule has 0 bridgehead atoms. The Balaban J connectivity index is 2.66. The zero-order chi connectivity index (χ0) is 12.9. The van der Waals surface area contributed by atoms with Crippen molar-refractivity contribution in [1.82, 2.24) is 5.32 Å². The van der Waals surface area contributed by atoms with Crippen LogP contribution in [0.4, 0.5) is 13.2 Å². The average Bonchev–Trinajstić information content (AvgIpc) is 2.29. The molecule has 0 saturated heterocycles. The molecule has 2 nitrogen and oxygen atoms in total. The standard InChI is InChI=1S/C12H16F3NO/c1-3-11(16-8-12(13,14)15)9-4-6-10(17-2)7-5-9/h4-7,11,16H,3,8H2,1-2H3. The molecule has 0 spiro atoms. The van der Waals surface area contributed by atoms with E-state index in [1.807, 2.05) is 6.92 Å². The molecule has 1 rings (SSSR count). The lowest BCUT2D eigenvalue weighted by Gasteiger charge is -2.18. The highest BCUT2D eigenvalue weighted by Gasteiger charge is 2.27. The molecule has 1 aromatic rings. The van der Waals surface area contributed by atoms with E-state index in [-0.39, 0.29) is 6.04 Å². The predicted molar refractivity (Wildman–Crippen MR) is 60.1 cm³/mol. The molecule has 1 unspecified atom stereocenters. The number of halogens is 3. The monoisotopic (exact) mass is 247 g/mol. The molecule has 5 heteroatoms. The normalized spacial score (nSPS) is 13.5. The first-order valence-electron chi connectivity index (χ1n) is 5.40. The number of benzene rings is 1. The highest BCUT2D eigenvalue weighted by atomic mass is 19.4. The van der Waals surface area contributed by atoms with E-state index < -0.39 is 12.7 Å². The number of hydrogen-bond acceptors (Lipinski definition) is 2. The topological polar surface area (TPSA) is 21.3 Å². The minimum Gasteiger partial charge on any atom is -0.497 e. The molecular formula is C12H16F3NO. The number of alkyl halides is 3. The second kappa shape index (κ2) is 5.91. The van der Waals surface area contributed by atoms with E-state index >= 15 is 0 Å². The molecule has 0 saturated carbocycles. The smallest absolute Gasteiger partial charge is 0.401 e. The van der Waals surface area contributed by atoms with Crippen molar-refractivity contribution in [3.8, 4) is 5.75 Å². The average molecular weight is 247 g/mol. The molecule has 0 fully saturated rings. The number of nitrogens with one attached hydrogen (secondary N) is 1. The fourth-order valence-electron chi connectivity index (χ4n) is 1.57. The van der Waals surface area contributed by atoms with Gasteiger partial charge in [0, 0.05) is 6.04 Å². The second-order valence-corrected chi connectivity index (χ2v) is 3.73. The van der Waals surface area contributed by atoms with Crippen LogP contribution in [0.2, 0.25) is 0 Å². The van der Waals surface area contributed by atoms with Gasteiger partial charge in [-0.2, -0.15) is 13.2 Å². The van der Waals surface area contributed by atoms with Crippen LogP contribution in [0.5, 0.6) is 5.75 Å². The summed E-state index contributed by atoms with van der Waals surface area (Å²) in [6.07, 6.45) is -3.58. The van der Waals surface area contributed by atoms with E-state index in [4.69, 9.17) is 4.74 Å². The van der Waals surface area contributed by atoms with E-state index in [1.165, 1.54) is 0 Å². The lowest BCUT2D eigenvalue weighted by Crippen LogP contribution is -2.31. The van der Waals surface area contributed by atoms with Gasteiger partial charge in [0.15, 0.2) is 0 Å². The summed E-state index contributed by atoms with van der Waals surface area (Å²) in [7, 11) is 1.55. The van der Waals surface area contributed by atoms with Gasteiger partial charge in [-0.25, -0.2) is 0 Å². The number of rotatable bonds is 5. The molecule has 0 radical (unpaired) electrons. The summed E-state index contributed by atoms with van der Waals surface area (Å²) >= 11 is 0. The van der Waals surface area contributed by atoms with Crippen LogP contribution in [0.3, 0.4) is 0 Å². The van der Waals surface area contributed by atoms with Gasteiger partial charge >= 0.3 is 6.18 Å². The minimum atomic E-state index is -4.18. The summed E-state index contributed by atoms with van der Waals surface area (Å²) in [6.45, 7) is 0.871. The van der Waals surface area contributed by atoms with Crippen LogP contribution >= 0.6 is 0 Å². The predicted octanol–water partition coefficient (Wildman–Crippen LogP) is 3.30. The van der Waals surface area contributed by atoms with E-state index in [9.17, 15) is 13.2 Å². The Morgan fingerprint density at radius 1 is 1.24 bits per heavy atom. The van der Waals surface area contributed by atoms with Crippen LogP contribution in [0.15, 0.2) is 24.3 Å². The molecule has 0 heterocycles. The number of hydrogen-bond donors (Lipinski definition) is 1. The third-order valence-electron chi connectivity index (χ3n) is 2.48. The van der Waals surface area contributed by atoms with Crippen molar-refractivity contribution in [2.24, 2.45) is 0 Å². The lowest BCUT2D eigenvalue weighted by atomic mass is 10.0. The van der Waals surface area contributed by atoms with Crippen molar-refractivity contribution < 1.29 is 17.9 Å². The van der Waals surface area contributed by atoms with Gasteiger partial charge in [0.1, 0.15) is 5.75 Å². The zero-order valence-electron chi connectivity index (χ0n) is 9.84. The van der Waals surface area contributed by atoms with E-state index in [1.54, 1.807) is 31.4 Å². The number of methoxy groups -OCH3 is 1. The highest BCUT2D eigenvalue weighted by Crippen LogP contribution is 2.22. The van der Waals surface area contributed by atoms with Gasteiger partial charge in [-0.1, -0.05) is 19.1 Å². The largest absolute Gasteiger partial charge is 0.497 e. The summed E-state index contributed by atoms with van der Waals surface area (Å²) < 4.78 is 41.3. The Morgan fingerprint density at radius 3 is 2.24 bits per heavy atom. The summed E-state index contributed by atoms with van der Waals surface area (Å²) in [4.78, 5) is 0. The van der Waals surface area contributed by atoms with Crippen molar-refractivity contribution >= 4 is 0 Å². The molecule has 0 aliphatic rings. The maximum absolute atomic E-state index is 12.1. The van der Waals surface area contributed by atoms with Gasteiger partial charge in [-0.15, -0.1) is 0 Å². The third-order valence-corrected chi connectivity index (χ3v) is 2.48. The molecule has 0 aliphatic carbocycles. The van der Waals surface area contributed by atoms with Gasteiger partial charge in [-0.05, 0) is 24.1 Å². The van der Waals surface area contributed by atoms with Crippen LogP contribution < -0.4 is 10.1 Å². The van der Waals surface area contributed by atoms with Gasteiger partial charge < -0.3 is 10.1 Å². The molecule has 1 atom stereocenters. The van der Waals surface area contributed by atoms with E-state index in [0.29, 0.717) is 12.2 Å². The minimum absolute atomic E-state index is 0.289. The summed E-state index contributed by atoms with van der Waals surface area (Å²) in [5.41, 5.74) is 0.831. The SMILES string of the molecule is CCC(NCC(F)(F)F)c1ccc(OC)cc1. The second-order valence-electron chi connectivity index (χ2n) is 3.73. The van der Waals surface area contributed by atoms with Crippen LogP contribution in [-0.2, 0) is 0 Å². The molecule has 1 aromatic carbocycles. The fraction of sp³-hybridized carbons (Fsp3) is 0.500. The highest BCUT2D eigenvalue weighted by molar-refractivity contribution is 5.29. The maximum atomic E-state index is 12.1. The van der Waals surface area contributed by atoms with E-state index in [2.05, 4.69) is 5.32 Å². The Hall–Kier alpha value is -1.23. The maximum Gasteiger partial charge on any atom is 0.401 e. The van der Waals surface area contributed by atoms with Crippen molar-refractivity contribution in [3.63, 3.8) is 0 Å². The first-order chi connectivity index (χ1) is 7.96. The van der Waals surface area contributed by atoms with Crippen molar-refractivity contribution in [2.45, 2.75) is 25.6 Å². The Labute approximate surface area is 98.8 Å². The Kier molecular flexibility index (Phi) is 4.81. The molecule has 0 amide bonds. The lowest BCUT2D eigenvalue weighted by molar-refractivity contribution is -0.126. The Morgan fingerprint density at radius 2 is 1.82 bits per heavy atom. The van der Waals surface area contributed by atoms with Crippen LogP contribution in [0, 0.1) is 0 Å². The van der Waals surface area contributed by atoms with Gasteiger partial charge in [0.05, 0.1) is 13.7 Å². The molecule has 0 aromatic heterocycles. The number of ether oxygens (including phenoxy) is 1. The summed E-state index contributed by atoms with van der Waals surface area (Å²) in [5, 5.41) is 2.50. The van der Waals surface area contributed by atoms with E-state index in [0.717, 1.165) is 5.56 Å². The summed E-state index contributed by atoms with van der Waals surface area (Å²) in [5.74, 6) is 0.694. The van der Waals surface area contributed by atoms with Gasteiger partial charge in [0.2, 0.25) is 0 Å². The van der Waals surface area contributed by atoms with Crippen molar-refractivity contribution in [2.75, 3.05) is 13.7 Å². The third kappa shape index (κ3) is 4.65. The molecule has 96 valence electrons. The summed E-state index contributed by atoms with van der Waals surface area (Å²) in [6, 6.07) is 6.75. The molecule has 17 heavy (non-hydrogen) atoms. The van der Waals surface area contributed by atoms with Gasteiger partial charge in [-0.3, -0.25) is 0 Å². The molecule has 0 aliphatic heterocycles. The van der Waals surface area contributed by atoms with Crippen LogP contribution in [0.25, 0.3) is 0 Å². The van der Waals surface area contributed by atoms with Gasteiger partial charge in [0.25, 0.3) is 0 Å². The van der Waals surface area contributed by atoms with Crippen molar-refractivity contribution in [3.05, 3.63) is 29.8 Å².